The monoisotopic (exact) mass is 573 g/mol. The van der Waals surface area contributed by atoms with E-state index in [1.165, 1.54) is 0 Å². The van der Waals surface area contributed by atoms with Crippen molar-refractivity contribution < 1.29 is 89.1 Å². The van der Waals surface area contributed by atoms with Crippen LogP contribution in [-0.2, 0) is 38.1 Å². The lowest BCUT2D eigenvalue weighted by atomic mass is 9.94. The van der Waals surface area contributed by atoms with Gasteiger partial charge in [-0.3, -0.25) is 4.79 Å². The van der Waals surface area contributed by atoms with Crippen molar-refractivity contribution in [1.29, 1.82) is 0 Å². The number of carboxylic acids is 2. The van der Waals surface area contributed by atoms with Crippen LogP contribution in [0.4, 0.5) is 0 Å². The Morgan fingerprint density at radius 2 is 1.28 bits per heavy atom. The largest absolute Gasteiger partial charge is 0.479 e. The number of hydrogen-bond acceptors (Lipinski definition) is 16. The first-order valence-electron chi connectivity index (χ1n) is 11.6. The second-order valence-corrected chi connectivity index (χ2v) is 9.15. The molecule has 3 aliphatic rings. The molecule has 19 heteroatoms. The van der Waals surface area contributed by atoms with Gasteiger partial charge in [0.1, 0.15) is 61.0 Å². The van der Waals surface area contributed by atoms with Gasteiger partial charge in [0.2, 0.25) is 5.91 Å². The molecule has 15 atom stereocenters. The van der Waals surface area contributed by atoms with Crippen molar-refractivity contribution in [2.75, 3.05) is 6.61 Å². The third kappa shape index (κ3) is 6.46. The standard InChI is InChI=1S/C20H31NO18/c1-3(23)21-5-12(37-20-11(29)7(25)8(26)14(39-20)16(30)31)6(24)4(2-22)35-19(5)38-13-9(27)10(28)18(34)36-15(13)17(32)33/h4-15,18-20,22,24-29,34H,2H2,1H3,(H,21,23)(H,30,31)(H,32,33)/t4-,5-,6+,7+,8+,9-,10-,11-,12-,13+,14+,15+,18-,19+,20-/m1/s1. The first kappa shape index (κ1) is 31.4. The molecule has 3 rings (SSSR count). The highest BCUT2D eigenvalue weighted by Crippen LogP contribution is 2.32. The first-order chi connectivity index (χ1) is 18.2. The Hall–Kier alpha value is -2.11. The lowest BCUT2D eigenvalue weighted by Gasteiger charge is -2.48. The summed E-state index contributed by atoms with van der Waals surface area (Å²) in [5, 5.41) is 102. The molecule has 0 saturated carbocycles. The molecule has 3 heterocycles. The van der Waals surface area contributed by atoms with E-state index in [1.54, 1.807) is 0 Å². The van der Waals surface area contributed by atoms with Crippen LogP contribution in [0, 0.1) is 0 Å². The van der Waals surface area contributed by atoms with Crippen LogP contribution in [0.25, 0.3) is 0 Å². The minimum atomic E-state index is -2.11. The van der Waals surface area contributed by atoms with Gasteiger partial charge in [0.25, 0.3) is 0 Å². The van der Waals surface area contributed by atoms with E-state index in [0.29, 0.717) is 0 Å². The van der Waals surface area contributed by atoms with Crippen LogP contribution in [-0.4, -0.2) is 168 Å². The number of rotatable bonds is 8. The minimum Gasteiger partial charge on any atom is -0.479 e. The summed E-state index contributed by atoms with van der Waals surface area (Å²) < 4.78 is 26.3. The number of ether oxygens (including phenoxy) is 5. The van der Waals surface area contributed by atoms with Crippen molar-refractivity contribution in [2.45, 2.75) is 99.0 Å². The Bertz CT molecular complexity index is 891. The molecule has 3 saturated heterocycles. The van der Waals surface area contributed by atoms with Gasteiger partial charge in [-0.2, -0.15) is 0 Å². The van der Waals surface area contributed by atoms with Gasteiger partial charge in [-0.05, 0) is 0 Å². The second-order valence-electron chi connectivity index (χ2n) is 9.15. The molecule has 11 N–H and O–H groups in total. The number of carbonyl (C=O) groups excluding carboxylic acids is 1. The Kier molecular flexibility index (Phi) is 10.1. The summed E-state index contributed by atoms with van der Waals surface area (Å²) in [5.41, 5.74) is 0. The Labute approximate surface area is 218 Å². The highest BCUT2D eigenvalue weighted by atomic mass is 16.7. The average molecular weight is 573 g/mol. The van der Waals surface area contributed by atoms with Crippen molar-refractivity contribution in [3.63, 3.8) is 0 Å². The fourth-order valence-corrected chi connectivity index (χ4v) is 4.41. The molecule has 0 aromatic heterocycles. The van der Waals surface area contributed by atoms with E-state index in [-0.39, 0.29) is 0 Å². The van der Waals surface area contributed by atoms with Crippen molar-refractivity contribution in [3.8, 4) is 0 Å². The maximum Gasteiger partial charge on any atom is 0.335 e. The number of hydrogen-bond donors (Lipinski definition) is 11. The number of amides is 1. The molecule has 0 aromatic carbocycles. The van der Waals surface area contributed by atoms with Crippen molar-refractivity contribution >= 4 is 17.8 Å². The number of aliphatic hydroxyl groups is 8. The molecule has 0 spiro atoms. The Morgan fingerprint density at radius 3 is 1.82 bits per heavy atom. The van der Waals surface area contributed by atoms with E-state index >= 15 is 0 Å². The quantitative estimate of drug-likeness (QED) is 0.128. The number of nitrogens with one attached hydrogen (secondary N) is 1. The molecule has 0 radical (unpaired) electrons. The molecule has 19 nitrogen and oxygen atoms in total. The van der Waals surface area contributed by atoms with Crippen LogP contribution in [0.3, 0.4) is 0 Å². The molecular weight excluding hydrogens is 542 g/mol. The maximum absolute atomic E-state index is 12.0. The fraction of sp³-hybridized carbons (Fsp3) is 0.850. The highest BCUT2D eigenvalue weighted by Gasteiger charge is 2.55. The van der Waals surface area contributed by atoms with E-state index < -0.39 is 117 Å². The second kappa shape index (κ2) is 12.6. The van der Waals surface area contributed by atoms with Gasteiger partial charge >= 0.3 is 11.9 Å². The van der Waals surface area contributed by atoms with Crippen molar-refractivity contribution in [2.24, 2.45) is 0 Å². The smallest absolute Gasteiger partial charge is 0.335 e. The van der Waals surface area contributed by atoms with Gasteiger partial charge < -0.3 is 80.1 Å². The van der Waals surface area contributed by atoms with Crippen molar-refractivity contribution in [1.82, 2.24) is 5.32 Å². The molecule has 0 unspecified atom stereocenters. The number of carbonyl (C=O) groups is 3. The Balaban J connectivity index is 1.94. The summed E-state index contributed by atoms with van der Waals surface area (Å²) in [6.45, 7) is 0.0676. The summed E-state index contributed by atoms with van der Waals surface area (Å²) in [7, 11) is 0. The number of aliphatic carboxylic acids is 2. The zero-order valence-electron chi connectivity index (χ0n) is 20.1. The number of aliphatic hydroxyl groups excluding tert-OH is 8. The van der Waals surface area contributed by atoms with Crippen molar-refractivity contribution in [3.05, 3.63) is 0 Å². The molecule has 0 aromatic rings. The molecule has 3 fully saturated rings. The first-order valence-corrected chi connectivity index (χ1v) is 11.6. The fourth-order valence-electron chi connectivity index (χ4n) is 4.41. The summed E-state index contributed by atoms with van der Waals surface area (Å²) in [4.78, 5) is 35.1. The summed E-state index contributed by atoms with van der Waals surface area (Å²) in [5.74, 6) is -4.29. The van der Waals surface area contributed by atoms with Crippen LogP contribution in [0.5, 0.6) is 0 Å². The summed E-state index contributed by atoms with van der Waals surface area (Å²) in [6.07, 6.45) is -27.9. The van der Waals surface area contributed by atoms with Crippen LogP contribution in [0.1, 0.15) is 6.92 Å². The molecular formula is C20H31NO18. The highest BCUT2D eigenvalue weighted by molar-refractivity contribution is 5.74. The van der Waals surface area contributed by atoms with Crippen LogP contribution >= 0.6 is 0 Å². The van der Waals surface area contributed by atoms with Gasteiger partial charge in [0.05, 0.1) is 6.61 Å². The van der Waals surface area contributed by atoms with Gasteiger partial charge in [-0.15, -0.1) is 0 Å². The number of carboxylic acid groups (broad SMARTS) is 2. The molecule has 3 aliphatic heterocycles. The average Bonchev–Trinajstić information content (AvgIpc) is 2.86. The maximum atomic E-state index is 12.0. The third-order valence-corrected chi connectivity index (χ3v) is 6.43. The van der Waals surface area contributed by atoms with Gasteiger partial charge in [0.15, 0.2) is 31.1 Å². The zero-order chi connectivity index (χ0) is 29.3. The molecule has 1 amide bonds. The van der Waals surface area contributed by atoms with E-state index in [0.717, 1.165) is 6.92 Å². The van der Waals surface area contributed by atoms with E-state index in [9.17, 15) is 65.4 Å². The summed E-state index contributed by atoms with van der Waals surface area (Å²) in [6, 6.07) is -1.67. The third-order valence-electron chi connectivity index (χ3n) is 6.43. The molecule has 224 valence electrons. The summed E-state index contributed by atoms with van der Waals surface area (Å²) >= 11 is 0. The SMILES string of the molecule is CC(=O)N[C@H]1[C@H](O[C@H]2[C@H](O)[C@@H](O)[C@H](O)O[C@@H]2C(=O)O)O[C@H](CO)[C@H](O)[C@@H]1O[C@@H]1O[C@H](C(=O)O)[C@@H](O)[C@H](O)[C@H]1O. The predicted octanol–water partition coefficient (Wildman–Crippen LogP) is -7.24. The minimum absolute atomic E-state index is 0.810. The lowest BCUT2D eigenvalue weighted by Crippen LogP contribution is -2.70. The predicted molar refractivity (Wildman–Crippen MR) is 114 cm³/mol. The van der Waals surface area contributed by atoms with Crippen LogP contribution in [0.2, 0.25) is 0 Å². The normalized spacial score (nSPS) is 46.8. The Morgan fingerprint density at radius 1 is 0.692 bits per heavy atom. The zero-order valence-corrected chi connectivity index (χ0v) is 20.1. The molecule has 0 aliphatic carbocycles. The van der Waals surface area contributed by atoms with Crippen LogP contribution in [0.15, 0.2) is 0 Å². The van der Waals surface area contributed by atoms with E-state index in [4.69, 9.17) is 23.7 Å². The topological polar surface area (TPSA) is 312 Å². The van der Waals surface area contributed by atoms with E-state index in [2.05, 4.69) is 5.32 Å². The van der Waals surface area contributed by atoms with Gasteiger partial charge in [0, 0.05) is 6.92 Å². The van der Waals surface area contributed by atoms with Gasteiger partial charge in [-0.25, -0.2) is 9.59 Å². The molecule has 39 heavy (non-hydrogen) atoms. The molecule has 0 bridgehead atoms. The lowest BCUT2D eigenvalue weighted by molar-refractivity contribution is -0.358. The van der Waals surface area contributed by atoms with E-state index in [1.807, 2.05) is 0 Å². The van der Waals surface area contributed by atoms with Crippen LogP contribution < -0.4 is 5.32 Å². The van der Waals surface area contributed by atoms with Gasteiger partial charge in [-0.1, -0.05) is 0 Å².